The second-order valence-electron chi connectivity index (χ2n) is 10.6. The molecule has 1 aromatic carbocycles. The minimum Gasteiger partial charge on any atom is -0.480 e. The van der Waals surface area contributed by atoms with Crippen LogP contribution >= 0.6 is 0 Å². The zero-order chi connectivity index (χ0) is 28.4. The number of carboxylic acid groups (broad SMARTS) is 1. The monoisotopic (exact) mass is 542 g/mol. The average molecular weight is 543 g/mol. The van der Waals surface area contributed by atoms with Crippen molar-refractivity contribution < 1.29 is 24.3 Å². The quantitative estimate of drug-likeness (QED) is 0.165. The zero-order valence-electron chi connectivity index (χ0n) is 22.8. The fourth-order valence-corrected chi connectivity index (χ4v) is 4.91. The summed E-state index contributed by atoms with van der Waals surface area (Å²) in [7, 11) is 0. The van der Waals surface area contributed by atoms with Crippen molar-refractivity contribution in [3.05, 3.63) is 36.0 Å². The molecule has 11 heteroatoms. The Morgan fingerprint density at radius 1 is 1.03 bits per heavy atom. The van der Waals surface area contributed by atoms with Crippen molar-refractivity contribution in [3.63, 3.8) is 0 Å². The van der Waals surface area contributed by atoms with Crippen molar-refractivity contribution in [2.24, 2.45) is 11.7 Å². The van der Waals surface area contributed by atoms with E-state index in [1.165, 1.54) is 0 Å². The molecule has 1 aliphatic heterocycles. The van der Waals surface area contributed by atoms with Gasteiger partial charge in [-0.25, -0.2) is 4.79 Å². The van der Waals surface area contributed by atoms with Crippen LogP contribution in [0.3, 0.4) is 0 Å². The van der Waals surface area contributed by atoms with Crippen molar-refractivity contribution in [2.45, 2.75) is 83.0 Å². The summed E-state index contributed by atoms with van der Waals surface area (Å²) in [4.78, 5) is 54.7. The number of amides is 3. The first-order valence-corrected chi connectivity index (χ1v) is 13.8. The smallest absolute Gasteiger partial charge is 0.326 e. The van der Waals surface area contributed by atoms with Gasteiger partial charge in [-0.3, -0.25) is 14.4 Å². The molecule has 0 bridgehead atoms. The van der Waals surface area contributed by atoms with Gasteiger partial charge >= 0.3 is 5.97 Å². The van der Waals surface area contributed by atoms with E-state index in [0.717, 1.165) is 29.4 Å². The normalized spacial score (nSPS) is 17.5. The van der Waals surface area contributed by atoms with E-state index >= 15 is 0 Å². The van der Waals surface area contributed by atoms with E-state index in [2.05, 4.69) is 26.3 Å². The molecule has 4 atom stereocenters. The number of H-pyrrole nitrogens is 1. The summed E-state index contributed by atoms with van der Waals surface area (Å²) in [5.74, 6) is -2.41. The van der Waals surface area contributed by atoms with Gasteiger partial charge in [0.15, 0.2) is 0 Å². The predicted molar refractivity (Wildman–Crippen MR) is 149 cm³/mol. The average Bonchev–Trinajstić information content (AvgIpc) is 3.58. The molecule has 3 amide bonds. The molecule has 11 nitrogen and oxygen atoms in total. The number of carbonyl (C=O) groups is 4. The summed E-state index contributed by atoms with van der Waals surface area (Å²) in [6, 6.07) is 4.35. The third-order valence-corrected chi connectivity index (χ3v) is 7.01. The van der Waals surface area contributed by atoms with E-state index < -0.39 is 35.9 Å². The second-order valence-corrected chi connectivity index (χ2v) is 10.6. The minimum atomic E-state index is -1.13. The summed E-state index contributed by atoms with van der Waals surface area (Å²) in [5, 5.41) is 22.0. The fourth-order valence-electron chi connectivity index (χ4n) is 4.91. The Bertz CT molecular complexity index is 1130. The Morgan fingerprint density at radius 3 is 2.41 bits per heavy atom. The lowest BCUT2D eigenvalue weighted by Crippen LogP contribution is -2.57. The van der Waals surface area contributed by atoms with Gasteiger partial charge < -0.3 is 37.1 Å². The molecule has 0 spiro atoms. The number of hydrogen-bond acceptors (Lipinski definition) is 6. The molecular formula is C28H42N6O5. The van der Waals surface area contributed by atoms with Crippen LogP contribution in [-0.2, 0) is 25.6 Å². The molecule has 1 fully saturated rings. The van der Waals surface area contributed by atoms with Crippen LogP contribution in [0.15, 0.2) is 30.5 Å². The van der Waals surface area contributed by atoms with E-state index in [1.54, 1.807) is 0 Å². The van der Waals surface area contributed by atoms with Crippen molar-refractivity contribution in [3.8, 4) is 0 Å². The van der Waals surface area contributed by atoms with Gasteiger partial charge in [0.1, 0.15) is 18.1 Å². The molecule has 0 saturated carbocycles. The number of hydrogen-bond donors (Lipinski definition) is 7. The summed E-state index contributed by atoms with van der Waals surface area (Å²) in [5.41, 5.74) is 7.40. The number of aromatic nitrogens is 1. The third-order valence-electron chi connectivity index (χ3n) is 7.01. The molecule has 39 heavy (non-hydrogen) atoms. The maximum absolute atomic E-state index is 13.6. The van der Waals surface area contributed by atoms with Gasteiger partial charge in [-0.2, -0.15) is 0 Å². The predicted octanol–water partition coefficient (Wildman–Crippen LogP) is 1.18. The molecule has 8 N–H and O–H groups in total. The SMILES string of the molecule is CC(C)CC(NC(=O)C(CCCCN)NC(=O)C(Cc1c[nH]c2ccccc12)NC(=O)C1CCCN1)C(=O)O. The fraction of sp³-hybridized carbons (Fsp3) is 0.571. The number of fused-ring (bicyclic) bond motifs is 1. The topological polar surface area (TPSA) is 178 Å². The number of nitrogens with one attached hydrogen (secondary N) is 5. The van der Waals surface area contributed by atoms with Gasteiger partial charge in [0.25, 0.3) is 0 Å². The van der Waals surface area contributed by atoms with E-state index in [1.807, 2.05) is 44.3 Å². The van der Waals surface area contributed by atoms with Gasteiger partial charge in [0, 0.05) is 23.5 Å². The molecule has 0 aliphatic carbocycles. The molecule has 214 valence electrons. The molecule has 1 aliphatic rings. The first-order chi connectivity index (χ1) is 18.7. The molecule has 0 radical (unpaired) electrons. The Kier molecular flexibility index (Phi) is 11.3. The highest BCUT2D eigenvalue weighted by atomic mass is 16.4. The number of unbranched alkanes of at least 4 members (excludes halogenated alkanes) is 1. The molecular weight excluding hydrogens is 500 g/mol. The zero-order valence-corrected chi connectivity index (χ0v) is 22.8. The van der Waals surface area contributed by atoms with E-state index in [-0.39, 0.29) is 30.7 Å². The lowest BCUT2D eigenvalue weighted by molar-refractivity contribution is -0.142. The van der Waals surface area contributed by atoms with E-state index in [9.17, 15) is 24.3 Å². The number of aliphatic carboxylic acids is 1. The highest BCUT2D eigenvalue weighted by Crippen LogP contribution is 2.20. The van der Waals surface area contributed by atoms with Gasteiger partial charge in [-0.1, -0.05) is 32.0 Å². The summed E-state index contributed by atoms with van der Waals surface area (Å²) >= 11 is 0. The minimum absolute atomic E-state index is 0.0524. The third kappa shape index (κ3) is 8.79. The number of aromatic amines is 1. The molecule has 4 unspecified atom stereocenters. The Balaban J connectivity index is 1.80. The van der Waals surface area contributed by atoms with Crippen molar-refractivity contribution >= 4 is 34.6 Å². The second kappa shape index (κ2) is 14.6. The van der Waals surface area contributed by atoms with Crippen LogP contribution in [0.5, 0.6) is 0 Å². The van der Waals surface area contributed by atoms with Crippen molar-refractivity contribution in [2.75, 3.05) is 13.1 Å². The van der Waals surface area contributed by atoms with Crippen LogP contribution in [0.25, 0.3) is 10.9 Å². The van der Waals surface area contributed by atoms with Crippen molar-refractivity contribution in [1.29, 1.82) is 0 Å². The highest BCUT2D eigenvalue weighted by Gasteiger charge is 2.32. The number of para-hydroxylation sites is 1. The molecule has 3 rings (SSSR count). The maximum Gasteiger partial charge on any atom is 0.326 e. The van der Waals surface area contributed by atoms with Crippen LogP contribution in [0, 0.1) is 5.92 Å². The Labute approximate surface area is 229 Å². The number of benzene rings is 1. The highest BCUT2D eigenvalue weighted by molar-refractivity contribution is 5.95. The largest absolute Gasteiger partial charge is 0.480 e. The van der Waals surface area contributed by atoms with Crippen LogP contribution in [0.4, 0.5) is 0 Å². The van der Waals surface area contributed by atoms with Crippen LogP contribution in [-0.4, -0.2) is 71.0 Å². The summed E-state index contributed by atoms with van der Waals surface area (Å²) in [6.07, 6.45) is 5.37. The van der Waals surface area contributed by atoms with Gasteiger partial charge in [0.2, 0.25) is 17.7 Å². The van der Waals surface area contributed by atoms with Gasteiger partial charge in [0.05, 0.1) is 6.04 Å². The number of carboxylic acids is 1. The van der Waals surface area contributed by atoms with Crippen LogP contribution in [0.1, 0.15) is 57.9 Å². The summed E-state index contributed by atoms with van der Waals surface area (Å²) < 4.78 is 0. The van der Waals surface area contributed by atoms with E-state index in [0.29, 0.717) is 32.2 Å². The first-order valence-electron chi connectivity index (χ1n) is 13.8. The Morgan fingerprint density at radius 2 is 1.74 bits per heavy atom. The molecule has 1 aromatic heterocycles. The molecule has 2 heterocycles. The van der Waals surface area contributed by atoms with Gasteiger partial charge in [-0.15, -0.1) is 0 Å². The van der Waals surface area contributed by atoms with E-state index in [4.69, 9.17) is 5.73 Å². The Hall–Kier alpha value is -3.44. The molecule has 2 aromatic rings. The lowest BCUT2D eigenvalue weighted by atomic mass is 10.0. The van der Waals surface area contributed by atoms with Gasteiger partial charge in [-0.05, 0) is 69.2 Å². The maximum atomic E-state index is 13.6. The first kappa shape index (κ1) is 30.1. The van der Waals surface area contributed by atoms with Crippen LogP contribution < -0.4 is 27.0 Å². The van der Waals surface area contributed by atoms with Crippen LogP contribution in [0.2, 0.25) is 0 Å². The van der Waals surface area contributed by atoms with Crippen molar-refractivity contribution in [1.82, 2.24) is 26.3 Å². The lowest BCUT2D eigenvalue weighted by Gasteiger charge is -2.25. The number of nitrogens with two attached hydrogens (primary N) is 1. The molecule has 1 saturated heterocycles. The standard InChI is InChI=1S/C28H42N6O5/c1-17(2)14-24(28(38)39)34-26(36)22(10-5-6-12-29)32-27(37)23(33-25(35)21-11-7-13-30-21)15-18-16-31-20-9-4-3-8-19(18)20/h3-4,8-9,16-17,21-24,30-31H,5-7,10-15,29H2,1-2H3,(H,32,37)(H,33,35)(H,34,36)(H,38,39). The number of carbonyl (C=O) groups excluding carboxylic acids is 3. The summed E-state index contributed by atoms with van der Waals surface area (Å²) in [6.45, 7) is 4.92. The number of rotatable bonds is 15.